The Balaban J connectivity index is 1.36. The number of aromatic nitrogens is 1. The van der Waals surface area contributed by atoms with Crippen LogP contribution < -0.4 is 4.74 Å². The number of likely N-dealkylation sites (tertiary alicyclic amines) is 2. The van der Waals surface area contributed by atoms with E-state index in [-0.39, 0.29) is 11.8 Å². The molecule has 4 rings (SSSR count). The SMILES string of the molecule is COc1ccccc1Cc1cnc([C@@H]2CCCN(C(=O)CN3CCCCCC3)C2)o1. The number of benzene rings is 1. The number of ether oxygens (including phenoxy) is 1. The summed E-state index contributed by atoms with van der Waals surface area (Å²) in [6.07, 6.45) is 9.49. The molecule has 0 saturated carbocycles. The van der Waals surface area contributed by atoms with Gasteiger partial charge in [0.1, 0.15) is 11.5 Å². The summed E-state index contributed by atoms with van der Waals surface area (Å²) in [7, 11) is 1.68. The molecule has 1 atom stereocenters. The van der Waals surface area contributed by atoms with Gasteiger partial charge >= 0.3 is 0 Å². The molecule has 2 aliphatic rings. The van der Waals surface area contributed by atoms with Crippen LogP contribution in [0, 0.1) is 0 Å². The lowest BCUT2D eigenvalue weighted by atomic mass is 9.98. The largest absolute Gasteiger partial charge is 0.496 e. The molecule has 6 nitrogen and oxygen atoms in total. The third-order valence-electron chi connectivity index (χ3n) is 6.31. The number of nitrogens with zero attached hydrogens (tertiary/aromatic N) is 3. The first-order valence-corrected chi connectivity index (χ1v) is 11.3. The van der Waals surface area contributed by atoms with Crippen LogP contribution in [-0.4, -0.2) is 60.5 Å². The predicted octanol–water partition coefficient (Wildman–Crippen LogP) is 3.86. The molecule has 2 fully saturated rings. The van der Waals surface area contributed by atoms with E-state index in [1.165, 1.54) is 25.7 Å². The predicted molar refractivity (Wildman–Crippen MR) is 116 cm³/mol. The van der Waals surface area contributed by atoms with Crippen LogP contribution in [0.2, 0.25) is 0 Å². The summed E-state index contributed by atoms with van der Waals surface area (Å²) in [6.45, 7) is 4.21. The number of para-hydroxylation sites is 1. The molecule has 2 aliphatic heterocycles. The third kappa shape index (κ3) is 5.22. The lowest BCUT2D eigenvalue weighted by Gasteiger charge is -2.33. The van der Waals surface area contributed by atoms with Crippen molar-refractivity contribution in [2.45, 2.75) is 50.9 Å². The zero-order chi connectivity index (χ0) is 20.8. The van der Waals surface area contributed by atoms with E-state index >= 15 is 0 Å². The maximum atomic E-state index is 12.9. The van der Waals surface area contributed by atoms with E-state index in [1.54, 1.807) is 7.11 Å². The number of carbonyl (C=O) groups excluding carboxylic acids is 1. The number of oxazole rings is 1. The van der Waals surface area contributed by atoms with Crippen molar-refractivity contribution in [1.82, 2.24) is 14.8 Å². The van der Waals surface area contributed by atoms with Crippen LogP contribution in [0.4, 0.5) is 0 Å². The van der Waals surface area contributed by atoms with E-state index in [1.807, 2.05) is 35.4 Å². The summed E-state index contributed by atoms with van der Waals surface area (Å²) in [5.74, 6) is 2.88. The monoisotopic (exact) mass is 411 g/mol. The molecule has 0 bridgehead atoms. The van der Waals surface area contributed by atoms with Gasteiger partial charge in [0.15, 0.2) is 5.89 Å². The fourth-order valence-corrected chi connectivity index (χ4v) is 4.62. The van der Waals surface area contributed by atoms with Crippen molar-refractivity contribution in [3.05, 3.63) is 47.7 Å². The lowest BCUT2D eigenvalue weighted by Crippen LogP contribution is -2.44. The summed E-state index contributed by atoms with van der Waals surface area (Å²) < 4.78 is 11.5. The number of hydrogen-bond donors (Lipinski definition) is 0. The Kier molecular flexibility index (Phi) is 7.05. The minimum Gasteiger partial charge on any atom is -0.496 e. The highest BCUT2D eigenvalue weighted by atomic mass is 16.5. The zero-order valence-corrected chi connectivity index (χ0v) is 18.0. The van der Waals surface area contributed by atoms with Gasteiger partial charge in [-0.2, -0.15) is 0 Å². The van der Waals surface area contributed by atoms with Crippen molar-refractivity contribution in [2.24, 2.45) is 0 Å². The topological polar surface area (TPSA) is 58.8 Å². The van der Waals surface area contributed by atoms with E-state index < -0.39 is 0 Å². The molecular formula is C24H33N3O3. The molecule has 3 heterocycles. The minimum atomic E-state index is 0.179. The standard InChI is InChI=1S/C24H33N3O3/c1-29-22-11-5-4-9-19(22)15-21-16-25-24(30-21)20-10-8-14-27(17-20)23(28)18-26-12-6-2-3-7-13-26/h4-5,9,11,16,20H,2-3,6-8,10,12-15,17-18H2,1H3/t20-/m1/s1. The molecule has 2 saturated heterocycles. The number of amides is 1. The first kappa shape index (κ1) is 20.9. The van der Waals surface area contributed by atoms with Crippen molar-refractivity contribution in [3.8, 4) is 5.75 Å². The van der Waals surface area contributed by atoms with Gasteiger partial charge < -0.3 is 14.1 Å². The Morgan fingerprint density at radius 2 is 1.93 bits per heavy atom. The summed E-state index contributed by atoms with van der Waals surface area (Å²) in [4.78, 5) is 21.8. The van der Waals surface area contributed by atoms with Crippen LogP contribution in [0.5, 0.6) is 5.75 Å². The summed E-state index contributed by atoms with van der Waals surface area (Å²) in [5, 5.41) is 0. The lowest BCUT2D eigenvalue weighted by molar-refractivity contribution is -0.133. The Morgan fingerprint density at radius 3 is 2.73 bits per heavy atom. The summed E-state index contributed by atoms with van der Waals surface area (Å²) in [6, 6.07) is 7.98. The van der Waals surface area contributed by atoms with Gasteiger partial charge in [0.25, 0.3) is 0 Å². The smallest absolute Gasteiger partial charge is 0.236 e. The number of methoxy groups -OCH3 is 1. The summed E-state index contributed by atoms with van der Waals surface area (Å²) >= 11 is 0. The van der Waals surface area contributed by atoms with Crippen LogP contribution in [0.1, 0.15) is 61.7 Å². The van der Waals surface area contributed by atoms with Crippen molar-refractivity contribution < 1.29 is 13.9 Å². The molecule has 0 radical (unpaired) electrons. The Labute approximate surface area is 179 Å². The van der Waals surface area contributed by atoms with Gasteiger partial charge in [0.05, 0.1) is 25.8 Å². The average molecular weight is 412 g/mol. The fraction of sp³-hybridized carbons (Fsp3) is 0.583. The molecule has 1 aromatic carbocycles. The van der Waals surface area contributed by atoms with E-state index in [4.69, 9.17) is 9.15 Å². The van der Waals surface area contributed by atoms with Gasteiger partial charge in [0, 0.05) is 25.1 Å². The minimum absolute atomic E-state index is 0.179. The number of piperidine rings is 1. The molecule has 162 valence electrons. The van der Waals surface area contributed by atoms with Crippen LogP contribution in [0.25, 0.3) is 0 Å². The Bertz CT molecular complexity index is 827. The fourth-order valence-electron chi connectivity index (χ4n) is 4.62. The van der Waals surface area contributed by atoms with Crippen LogP contribution >= 0.6 is 0 Å². The number of carbonyl (C=O) groups is 1. The van der Waals surface area contributed by atoms with E-state index in [0.717, 1.165) is 55.4 Å². The number of rotatable bonds is 6. The van der Waals surface area contributed by atoms with Gasteiger partial charge in [-0.05, 0) is 44.8 Å². The zero-order valence-electron chi connectivity index (χ0n) is 18.0. The van der Waals surface area contributed by atoms with Gasteiger partial charge in [-0.25, -0.2) is 4.98 Å². The van der Waals surface area contributed by atoms with E-state index in [9.17, 15) is 4.79 Å². The second-order valence-electron chi connectivity index (χ2n) is 8.52. The third-order valence-corrected chi connectivity index (χ3v) is 6.31. The van der Waals surface area contributed by atoms with Gasteiger partial charge in [-0.3, -0.25) is 9.69 Å². The van der Waals surface area contributed by atoms with Gasteiger partial charge in [-0.1, -0.05) is 31.0 Å². The first-order valence-electron chi connectivity index (χ1n) is 11.3. The van der Waals surface area contributed by atoms with Crippen LogP contribution in [0.3, 0.4) is 0 Å². The highest BCUT2D eigenvalue weighted by molar-refractivity contribution is 5.78. The van der Waals surface area contributed by atoms with Crippen molar-refractivity contribution in [2.75, 3.05) is 39.8 Å². The molecule has 6 heteroatoms. The Morgan fingerprint density at radius 1 is 1.13 bits per heavy atom. The van der Waals surface area contributed by atoms with E-state index in [0.29, 0.717) is 19.5 Å². The average Bonchev–Trinajstić information content (AvgIpc) is 3.09. The van der Waals surface area contributed by atoms with Crippen LogP contribution in [-0.2, 0) is 11.2 Å². The highest BCUT2D eigenvalue weighted by Gasteiger charge is 2.28. The summed E-state index contributed by atoms with van der Waals surface area (Å²) in [5.41, 5.74) is 1.08. The molecule has 1 aromatic heterocycles. The van der Waals surface area contributed by atoms with E-state index in [2.05, 4.69) is 9.88 Å². The number of hydrogen-bond acceptors (Lipinski definition) is 5. The van der Waals surface area contributed by atoms with Crippen LogP contribution in [0.15, 0.2) is 34.9 Å². The highest BCUT2D eigenvalue weighted by Crippen LogP contribution is 2.28. The Hall–Kier alpha value is -2.34. The molecule has 0 spiro atoms. The second-order valence-corrected chi connectivity index (χ2v) is 8.52. The second kappa shape index (κ2) is 10.1. The molecule has 1 amide bonds. The van der Waals surface area contributed by atoms with Gasteiger partial charge in [0.2, 0.25) is 5.91 Å². The molecule has 0 unspecified atom stereocenters. The van der Waals surface area contributed by atoms with Crippen molar-refractivity contribution in [1.29, 1.82) is 0 Å². The molecule has 0 aliphatic carbocycles. The quantitative estimate of drug-likeness (QED) is 0.723. The first-order chi connectivity index (χ1) is 14.7. The van der Waals surface area contributed by atoms with Crippen molar-refractivity contribution in [3.63, 3.8) is 0 Å². The normalized spacial score (nSPS) is 20.7. The maximum absolute atomic E-state index is 12.9. The molecule has 30 heavy (non-hydrogen) atoms. The van der Waals surface area contributed by atoms with Crippen molar-refractivity contribution >= 4 is 5.91 Å². The maximum Gasteiger partial charge on any atom is 0.236 e. The molecule has 2 aromatic rings. The van der Waals surface area contributed by atoms with Gasteiger partial charge in [-0.15, -0.1) is 0 Å². The molecular weight excluding hydrogens is 378 g/mol. The molecule has 0 N–H and O–H groups in total.